The summed E-state index contributed by atoms with van der Waals surface area (Å²) in [5.41, 5.74) is 1.57. The molecule has 0 aliphatic carbocycles. The maximum atomic E-state index is 14.4. The minimum atomic E-state index is -0.865. The molecule has 0 radical (unpaired) electrons. The molecule has 1 aliphatic heterocycles. The van der Waals surface area contributed by atoms with Crippen LogP contribution in [0.5, 0.6) is 0 Å². The fourth-order valence-electron chi connectivity index (χ4n) is 3.46. The second-order valence-corrected chi connectivity index (χ2v) is 6.76. The number of aryl methyl sites for hydroxylation is 1. The normalized spacial score (nSPS) is 13.3. The Morgan fingerprint density at radius 2 is 1.90 bits per heavy atom. The Morgan fingerprint density at radius 1 is 1.07 bits per heavy atom. The first kappa shape index (κ1) is 18.9. The van der Waals surface area contributed by atoms with Crippen LogP contribution in [-0.2, 0) is 22.6 Å². The SMILES string of the molecule is O=C(CN1C(=O)CCc2ccccc21)N(Cc1ccco1)c1ccc(F)cc1F. The average Bonchev–Trinajstić information content (AvgIpc) is 3.22. The molecule has 1 aliphatic rings. The van der Waals surface area contributed by atoms with Crippen LogP contribution in [0.15, 0.2) is 65.3 Å². The van der Waals surface area contributed by atoms with Crippen molar-refractivity contribution in [2.24, 2.45) is 0 Å². The van der Waals surface area contributed by atoms with Gasteiger partial charge in [0.2, 0.25) is 11.8 Å². The van der Waals surface area contributed by atoms with Gasteiger partial charge >= 0.3 is 0 Å². The maximum Gasteiger partial charge on any atom is 0.247 e. The maximum absolute atomic E-state index is 14.4. The van der Waals surface area contributed by atoms with Crippen molar-refractivity contribution < 1.29 is 22.8 Å². The van der Waals surface area contributed by atoms with Crippen molar-refractivity contribution in [2.45, 2.75) is 19.4 Å². The van der Waals surface area contributed by atoms with Gasteiger partial charge in [-0.2, -0.15) is 0 Å². The molecular formula is C22H18F2N2O3. The van der Waals surface area contributed by atoms with Crippen LogP contribution in [-0.4, -0.2) is 18.4 Å². The fourth-order valence-corrected chi connectivity index (χ4v) is 3.46. The van der Waals surface area contributed by atoms with Gasteiger partial charge in [-0.3, -0.25) is 9.59 Å². The number of hydrogen-bond donors (Lipinski definition) is 0. The molecule has 0 saturated carbocycles. The number of furan rings is 1. The number of para-hydroxylation sites is 1. The summed E-state index contributed by atoms with van der Waals surface area (Å²) in [7, 11) is 0. The lowest BCUT2D eigenvalue weighted by Gasteiger charge is -2.31. The number of amides is 2. The van der Waals surface area contributed by atoms with Crippen LogP contribution in [0, 0.1) is 11.6 Å². The molecule has 0 saturated heterocycles. The third-order valence-corrected chi connectivity index (χ3v) is 4.88. The minimum Gasteiger partial charge on any atom is -0.467 e. The molecule has 2 heterocycles. The van der Waals surface area contributed by atoms with Crippen LogP contribution in [0.2, 0.25) is 0 Å². The fraction of sp³-hybridized carbons (Fsp3) is 0.182. The Morgan fingerprint density at radius 3 is 2.66 bits per heavy atom. The molecule has 5 nitrogen and oxygen atoms in total. The van der Waals surface area contributed by atoms with Crippen LogP contribution >= 0.6 is 0 Å². The first-order valence-electron chi connectivity index (χ1n) is 9.19. The second kappa shape index (κ2) is 7.87. The zero-order valence-electron chi connectivity index (χ0n) is 15.5. The standard InChI is InChI=1S/C22H18F2N2O3/c23-16-8-9-20(18(24)12-16)25(13-17-5-3-11-29-17)22(28)14-26-19-6-2-1-4-15(19)7-10-21(26)27/h1-6,8-9,11-12H,7,10,13-14H2. The van der Waals surface area contributed by atoms with Gasteiger partial charge in [0.1, 0.15) is 23.9 Å². The third-order valence-electron chi connectivity index (χ3n) is 4.88. The Kier molecular flexibility index (Phi) is 5.12. The molecule has 0 N–H and O–H groups in total. The van der Waals surface area contributed by atoms with Gasteiger partial charge in [0.15, 0.2) is 0 Å². The number of anilines is 2. The Balaban J connectivity index is 1.66. The molecule has 0 fully saturated rings. The molecule has 2 aromatic carbocycles. The third kappa shape index (κ3) is 3.89. The molecule has 148 valence electrons. The first-order valence-corrected chi connectivity index (χ1v) is 9.19. The van der Waals surface area contributed by atoms with E-state index in [1.807, 2.05) is 12.1 Å². The summed E-state index contributed by atoms with van der Waals surface area (Å²) in [5.74, 6) is -1.84. The van der Waals surface area contributed by atoms with E-state index in [-0.39, 0.29) is 24.7 Å². The van der Waals surface area contributed by atoms with E-state index >= 15 is 0 Å². The highest BCUT2D eigenvalue weighted by molar-refractivity contribution is 6.05. The minimum absolute atomic E-state index is 0.0436. The predicted octanol–water partition coefficient (Wildman–Crippen LogP) is 4.07. The van der Waals surface area contributed by atoms with Crippen LogP contribution in [0.4, 0.5) is 20.2 Å². The number of nitrogens with zero attached hydrogens (tertiary/aromatic N) is 2. The van der Waals surface area contributed by atoms with Gasteiger partial charge in [-0.1, -0.05) is 18.2 Å². The van der Waals surface area contributed by atoms with Crippen molar-refractivity contribution in [3.8, 4) is 0 Å². The van der Waals surface area contributed by atoms with Crippen molar-refractivity contribution in [1.82, 2.24) is 0 Å². The van der Waals surface area contributed by atoms with Gasteiger partial charge < -0.3 is 14.2 Å². The molecule has 0 unspecified atom stereocenters. The molecule has 4 rings (SSSR count). The number of hydrogen-bond acceptors (Lipinski definition) is 3. The summed E-state index contributed by atoms with van der Waals surface area (Å²) in [4.78, 5) is 28.2. The molecule has 7 heteroatoms. The van der Waals surface area contributed by atoms with Gasteiger partial charge in [0.25, 0.3) is 0 Å². The molecule has 29 heavy (non-hydrogen) atoms. The predicted molar refractivity (Wildman–Crippen MR) is 103 cm³/mol. The highest BCUT2D eigenvalue weighted by Gasteiger charge is 2.29. The van der Waals surface area contributed by atoms with Gasteiger partial charge in [0.05, 0.1) is 18.5 Å². The Hall–Kier alpha value is -3.48. The quantitative estimate of drug-likeness (QED) is 0.653. The van der Waals surface area contributed by atoms with E-state index < -0.39 is 17.5 Å². The van der Waals surface area contributed by atoms with Gasteiger partial charge in [-0.25, -0.2) is 8.78 Å². The van der Waals surface area contributed by atoms with Crippen LogP contribution in [0.25, 0.3) is 0 Å². The molecule has 0 bridgehead atoms. The number of carbonyl (C=O) groups is 2. The van der Waals surface area contributed by atoms with Crippen molar-refractivity contribution in [3.05, 3.63) is 83.8 Å². The molecule has 3 aromatic rings. The van der Waals surface area contributed by atoms with E-state index in [1.165, 1.54) is 17.2 Å². The van der Waals surface area contributed by atoms with E-state index in [0.717, 1.165) is 22.6 Å². The highest BCUT2D eigenvalue weighted by Crippen LogP contribution is 2.29. The summed E-state index contributed by atoms with van der Waals surface area (Å²) in [6, 6.07) is 13.7. The summed E-state index contributed by atoms with van der Waals surface area (Å²) < 4.78 is 33.1. The van der Waals surface area contributed by atoms with Gasteiger partial charge in [-0.15, -0.1) is 0 Å². The summed E-state index contributed by atoms with van der Waals surface area (Å²) in [6.07, 6.45) is 2.36. The number of fused-ring (bicyclic) bond motifs is 1. The molecule has 2 amide bonds. The summed E-state index contributed by atoms with van der Waals surface area (Å²) in [6.45, 7) is -0.300. The number of halogens is 2. The monoisotopic (exact) mass is 396 g/mol. The van der Waals surface area contributed by atoms with Gasteiger partial charge in [0, 0.05) is 18.2 Å². The molecule has 1 aromatic heterocycles. The average molecular weight is 396 g/mol. The second-order valence-electron chi connectivity index (χ2n) is 6.76. The first-order chi connectivity index (χ1) is 14.0. The molecule has 0 atom stereocenters. The van der Waals surface area contributed by atoms with Crippen molar-refractivity contribution in [3.63, 3.8) is 0 Å². The highest BCUT2D eigenvalue weighted by atomic mass is 19.1. The smallest absolute Gasteiger partial charge is 0.247 e. The lowest BCUT2D eigenvalue weighted by atomic mass is 10.0. The Bertz CT molecular complexity index is 1050. The summed E-state index contributed by atoms with van der Waals surface area (Å²) in [5, 5.41) is 0. The topological polar surface area (TPSA) is 53.8 Å². The Labute approximate surface area is 166 Å². The van der Waals surface area contributed by atoms with Crippen LogP contribution in [0.1, 0.15) is 17.7 Å². The van der Waals surface area contributed by atoms with E-state index in [2.05, 4.69) is 0 Å². The van der Waals surface area contributed by atoms with E-state index in [4.69, 9.17) is 4.42 Å². The lowest BCUT2D eigenvalue weighted by molar-refractivity contribution is -0.122. The lowest BCUT2D eigenvalue weighted by Crippen LogP contribution is -2.45. The number of rotatable bonds is 5. The molecular weight excluding hydrogens is 378 g/mol. The van der Waals surface area contributed by atoms with E-state index in [1.54, 1.807) is 24.3 Å². The van der Waals surface area contributed by atoms with Crippen molar-refractivity contribution >= 4 is 23.2 Å². The van der Waals surface area contributed by atoms with Crippen LogP contribution in [0.3, 0.4) is 0 Å². The van der Waals surface area contributed by atoms with E-state index in [9.17, 15) is 18.4 Å². The zero-order valence-corrected chi connectivity index (χ0v) is 15.5. The molecule has 0 spiro atoms. The van der Waals surface area contributed by atoms with Gasteiger partial charge in [-0.05, 0) is 42.3 Å². The van der Waals surface area contributed by atoms with Crippen molar-refractivity contribution in [1.29, 1.82) is 0 Å². The zero-order chi connectivity index (χ0) is 20.4. The summed E-state index contributed by atoms with van der Waals surface area (Å²) >= 11 is 0. The largest absolute Gasteiger partial charge is 0.467 e. The van der Waals surface area contributed by atoms with E-state index in [0.29, 0.717) is 24.3 Å². The number of benzene rings is 2. The number of carbonyl (C=O) groups excluding carboxylic acids is 2. The van der Waals surface area contributed by atoms with Crippen LogP contribution < -0.4 is 9.80 Å². The van der Waals surface area contributed by atoms with Crippen molar-refractivity contribution in [2.75, 3.05) is 16.3 Å².